The Bertz CT molecular complexity index is 843. The first kappa shape index (κ1) is 21.8. The van der Waals surface area contributed by atoms with Gasteiger partial charge in [0.15, 0.2) is 0 Å². The molecule has 29 heavy (non-hydrogen) atoms. The van der Waals surface area contributed by atoms with Gasteiger partial charge in [0.25, 0.3) is 0 Å². The Hall–Kier alpha value is -1.93. The molecule has 3 rings (SSSR count). The number of benzene rings is 1. The second-order valence-electron chi connectivity index (χ2n) is 8.73. The molecular weight excluding hydrogens is 438 g/mol. The molecule has 2 aliphatic rings. The zero-order valence-electron chi connectivity index (χ0n) is 17.5. The number of halogens is 1. The maximum absolute atomic E-state index is 13.6. The first-order chi connectivity index (χ1) is 13.5. The lowest BCUT2D eigenvalue weighted by molar-refractivity contribution is -0.154. The van der Waals surface area contributed by atoms with Gasteiger partial charge in [0, 0.05) is 24.7 Å². The third-order valence-electron chi connectivity index (χ3n) is 5.69. The van der Waals surface area contributed by atoms with E-state index in [4.69, 9.17) is 9.47 Å². The molecular formula is C21H28BrN3O4. The van der Waals surface area contributed by atoms with E-state index >= 15 is 0 Å². The lowest BCUT2D eigenvalue weighted by atomic mass is 9.60. The summed E-state index contributed by atoms with van der Waals surface area (Å²) >= 11 is 3.53. The Labute approximate surface area is 180 Å². The van der Waals surface area contributed by atoms with E-state index in [0.29, 0.717) is 26.1 Å². The molecule has 7 nitrogen and oxygen atoms in total. The number of nitrogens with one attached hydrogen (secondary N) is 1. The fraction of sp³-hybridized carbons (Fsp3) is 0.571. The highest BCUT2D eigenvalue weighted by Gasteiger charge is 2.60. The maximum atomic E-state index is 13.6. The van der Waals surface area contributed by atoms with E-state index in [2.05, 4.69) is 26.2 Å². The number of rotatable bonds is 1. The van der Waals surface area contributed by atoms with Crippen LogP contribution in [0.4, 0.5) is 4.79 Å². The van der Waals surface area contributed by atoms with Gasteiger partial charge in [0.05, 0.1) is 11.0 Å². The monoisotopic (exact) mass is 465 g/mol. The van der Waals surface area contributed by atoms with Gasteiger partial charge in [-0.2, -0.15) is 0 Å². The van der Waals surface area contributed by atoms with Gasteiger partial charge >= 0.3 is 6.09 Å². The quantitative estimate of drug-likeness (QED) is 0.681. The van der Waals surface area contributed by atoms with Crippen molar-refractivity contribution >= 4 is 33.9 Å². The van der Waals surface area contributed by atoms with Crippen LogP contribution in [-0.4, -0.2) is 48.7 Å². The number of hydrogen-bond acceptors (Lipinski definition) is 4. The highest BCUT2D eigenvalue weighted by atomic mass is 79.9. The lowest BCUT2D eigenvalue weighted by Crippen LogP contribution is -2.71. The first-order valence-electron chi connectivity index (χ1n) is 9.70. The van der Waals surface area contributed by atoms with Gasteiger partial charge in [-0.1, -0.05) is 28.1 Å². The number of nitrogens with zero attached hydrogens (tertiary/aromatic N) is 2. The molecule has 0 radical (unpaired) electrons. The summed E-state index contributed by atoms with van der Waals surface area (Å²) in [4.78, 5) is 31.5. The summed E-state index contributed by atoms with van der Waals surface area (Å²) < 4.78 is 11.8. The van der Waals surface area contributed by atoms with Crippen molar-refractivity contribution in [3.63, 3.8) is 0 Å². The number of hydrogen-bond donors (Lipinski definition) is 1. The smallest absolute Gasteiger partial charge is 0.437 e. The maximum Gasteiger partial charge on any atom is 0.437 e. The minimum absolute atomic E-state index is 0.0793. The van der Waals surface area contributed by atoms with Crippen molar-refractivity contribution in [1.82, 2.24) is 10.2 Å². The van der Waals surface area contributed by atoms with Crippen LogP contribution in [0.2, 0.25) is 0 Å². The summed E-state index contributed by atoms with van der Waals surface area (Å²) in [5.74, 6) is 0.105. The van der Waals surface area contributed by atoms with Crippen molar-refractivity contribution in [2.24, 2.45) is 10.4 Å². The van der Waals surface area contributed by atoms with Crippen molar-refractivity contribution in [2.75, 3.05) is 20.3 Å². The topological polar surface area (TPSA) is 80.2 Å². The van der Waals surface area contributed by atoms with E-state index < -0.39 is 22.6 Å². The number of carbonyl (C=O) groups excluding carboxylic acids is 2. The first-order valence-corrected chi connectivity index (χ1v) is 10.5. The Balaban J connectivity index is 2.08. The predicted molar refractivity (Wildman–Crippen MR) is 114 cm³/mol. The molecule has 8 heteroatoms. The SMILES string of the molecule is CN1C(=O)C2(CCOCC2)C(C)(c2cccc(Br)c2)N/C1=N\C(=O)OC(C)(C)C. The molecule has 158 valence electrons. The highest BCUT2D eigenvalue weighted by Crippen LogP contribution is 2.50. The number of aliphatic imine (C=N–C) groups is 1. The van der Waals surface area contributed by atoms with E-state index in [-0.39, 0.29) is 11.9 Å². The molecule has 0 bridgehead atoms. The van der Waals surface area contributed by atoms with Crippen LogP contribution in [0.15, 0.2) is 33.7 Å². The Morgan fingerprint density at radius 3 is 2.55 bits per heavy atom. The van der Waals surface area contributed by atoms with E-state index in [0.717, 1.165) is 10.0 Å². The molecule has 2 aliphatic heterocycles. The van der Waals surface area contributed by atoms with E-state index in [1.54, 1.807) is 27.8 Å². The van der Waals surface area contributed by atoms with Crippen LogP contribution in [0.3, 0.4) is 0 Å². The van der Waals surface area contributed by atoms with Crippen molar-refractivity contribution in [1.29, 1.82) is 0 Å². The van der Waals surface area contributed by atoms with Crippen molar-refractivity contribution in [3.05, 3.63) is 34.3 Å². The Kier molecular flexibility index (Phi) is 5.80. The molecule has 2 fully saturated rings. The van der Waals surface area contributed by atoms with Gasteiger partial charge in [0.1, 0.15) is 5.60 Å². The lowest BCUT2D eigenvalue weighted by Gasteiger charge is -2.55. The average molecular weight is 466 g/mol. The summed E-state index contributed by atoms with van der Waals surface area (Å²) in [6, 6.07) is 7.86. The number of ether oxygens (including phenoxy) is 2. The number of amides is 2. The normalized spacial score (nSPS) is 25.8. The van der Waals surface area contributed by atoms with E-state index in [1.165, 1.54) is 4.90 Å². The molecule has 0 saturated carbocycles. The molecule has 2 saturated heterocycles. The van der Waals surface area contributed by atoms with E-state index in [9.17, 15) is 9.59 Å². The van der Waals surface area contributed by atoms with Crippen molar-refractivity contribution < 1.29 is 19.1 Å². The zero-order chi connectivity index (χ0) is 21.4. The van der Waals surface area contributed by atoms with Gasteiger partial charge in [-0.3, -0.25) is 9.69 Å². The molecule has 1 aromatic rings. The van der Waals surface area contributed by atoms with Crippen molar-refractivity contribution in [2.45, 2.75) is 51.7 Å². The van der Waals surface area contributed by atoms with Gasteiger partial charge in [-0.05, 0) is 58.2 Å². The second-order valence-corrected chi connectivity index (χ2v) is 9.65. The van der Waals surface area contributed by atoms with Crippen LogP contribution in [0.1, 0.15) is 46.1 Å². The van der Waals surface area contributed by atoms with Gasteiger partial charge < -0.3 is 14.8 Å². The molecule has 1 aromatic carbocycles. The number of guanidine groups is 1. The van der Waals surface area contributed by atoms with Gasteiger partial charge in [-0.15, -0.1) is 4.99 Å². The van der Waals surface area contributed by atoms with Crippen LogP contribution >= 0.6 is 15.9 Å². The zero-order valence-corrected chi connectivity index (χ0v) is 19.1. The molecule has 0 aliphatic carbocycles. The molecule has 2 amide bonds. The molecule has 1 N–H and O–H groups in total. The third-order valence-corrected chi connectivity index (χ3v) is 6.18. The minimum atomic E-state index is -0.773. The summed E-state index contributed by atoms with van der Waals surface area (Å²) in [6.45, 7) is 8.33. The van der Waals surface area contributed by atoms with Crippen LogP contribution in [0, 0.1) is 5.41 Å². The molecule has 1 unspecified atom stereocenters. The van der Waals surface area contributed by atoms with Crippen LogP contribution in [0.25, 0.3) is 0 Å². The summed E-state index contributed by atoms with van der Waals surface area (Å²) in [7, 11) is 1.64. The molecule has 2 heterocycles. The van der Waals surface area contributed by atoms with E-state index in [1.807, 2.05) is 31.2 Å². The largest absolute Gasteiger partial charge is 0.442 e. The Morgan fingerprint density at radius 1 is 1.31 bits per heavy atom. The summed E-state index contributed by atoms with van der Waals surface area (Å²) in [5, 5.41) is 3.41. The van der Waals surface area contributed by atoms with Crippen LogP contribution in [0.5, 0.6) is 0 Å². The summed E-state index contributed by atoms with van der Waals surface area (Å²) in [5.41, 5.74) is -1.22. The summed E-state index contributed by atoms with van der Waals surface area (Å²) in [6.07, 6.45) is 0.414. The standard InChI is InChI=1S/C21H28BrN3O4/c1-19(2,3)29-18(27)23-17-24-20(4,14-7-6-8-15(22)13-14)21(16(26)25(17)5)9-11-28-12-10-21/h6-8,13H,9-12H2,1-5H3,(H,23,24,27). The molecule has 0 aromatic heterocycles. The predicted octanol–water partition coefficient (Wildman–Crippen LogP) is 3.81. The van der Waals surface area contributed by atoms with Crippen LogP contribution in [-0.2, 0) is 19.8 Å². The Morgan fingerprint density at radius 2 is 1.97 bits per heavy atom. The number of carbonyl (C=O) groups is 2. The van der Waals surface area contributed by atoms with Gasteiger partial charge in [0.2, 0.25) is 11.9 Å². The van der Waals surface area contributed by atoms with Crippen molar-refractivity contribution in [3.8, 4) is 0 Å². The minimum Gasteiger partial charge on any atom is -0.442 e. The average Bonchev–Trinajstić information content (AvgIpc) is 2.64. The third kappa shape index (κ3) is 4.05. The molecule has 1 spiro atoms. The fourth-order valence-electron chi connectivity index (χ4n) is 4.11. The fourth-order valence-corrected chi connectivity index (χ4v) is 4.51. The van der Waals surface area contributed by atoms with Crippen LogP contribution < -0.4 is 5.32 Å². The second kappa shape index (κ2) is 7.72. The van der Waals surface area contributed by atoms with Gasteiger partial charge in [-0.25, -0.2) is 4.79 Å². The molecule has 1 atom stereocenters. The highest BCUT2D eigenvalue weighted by molar-refractivity contribution is 9.10.